The molecule has 4 aromatic rings. The number of aromatic nitrogens is 5. The maximum Gasteiger partial charge on any atom is 0.259 e. The smallest absolute Gasteiger partial charge is 0.259 e. The van der Waals surface area contributed by atoms with Crippen LogP contribution in [0.15, 0.2) is 47.7 Å². The second-order valence-electron chi connectivity index (χ2n) is 7.71. The summed E-state index contributed by atoms with van der Waals surface area (Å²) in [5, 5.41) is 14.4. The van der Waals surface area contributed by atoms with Gasteiger partial charge in [0.2, 0.25) is 5.95 Å². The fourth-order valence-electron chi connectivity index (χ4n) is 3.73. The summed E-state index contributed by atoms with van der Waals surface area (Å²) >= 11 is 0. The van der Waals surface area contributed by atoms with Crippen LogP contribution in [0.1, 0.15) is 37.1 Å². The summed E-state index contributed by atoms with van der Waals surface area (Å²) in [7, 11) is 1.90. The van der Waals surface area contributed by atoms with E-state index in [0.29, 0.717) is 6.04 Å². The fraction of sp³-hybridized carbons (Fsp3) is 0.261. The van der Waals surface area contributed by atoms with Gasteiger partial charge in [0, 0.05) is 30.5 Å². The van der Waals surface area contributed by atoms with Crippen LogP contribution >= 0.6 is 0 Å². The summed E-state index contributed by atoms with van der Waals surface area (Å²) in [5.74, 6) is 0.200. The zero-order valence-electron chi connectivity index (χ0n) is 18.0. The predicted molar refractivity (Wildman–Crippen MR) is 124 cm³/mol. The maximum absolute atomic E-state index is 13.1. The number of hydrogen-bond acceptors (Lipinski definition) is 7. The number of nitrogens with zero attached hydrogens (tertiary/aromatic N) is 6. The van der Waals surface area contributed by atoms with Crippen LogP contribution in [0.25, 0.3) is 21.9 Å². The van der Waals surface area contributed by atoms with E-state index in [4.69, 9.17) is 16.7 Å². The van der Waals surface area contributed by atoms with E-state index in [0.717, 1.165) is 46.9 Å². The van der Waals surface area contributed by atoms with Crippen LogP contribution in [0.3, 0.4) is 0 Å². The molecule has 32 heavy (non-hydrogen) atoms. The van der Waals surface area contributed by atoms with E-state index < -0.39 is 0 Å². The minimum atomic E-state index is 0.0801. The van der Waals surface area contributed by atoms with Crippen molar-refractivity contribution < 1.29 is 0 Å². The van der Waals surface area contributed by atoms with Gasteiger partial charge in [0.15, 0.2) is 0 Å². The number of benzene rings is 1. The molecule has 0 unspecified atom stereocenters. The Morgan fingerprint density at radius 1 is 1.25 bits per heavy atom. The molecule has 9 heteroatoms. The Bertz CT molecular complexity index is 1390. The van der Waals surface area contributed by atoms with E-state index in [1.165, 1.54) is 6.20 Å². The molecule has 0 saturated heterocycles. The predicted octanol–water partition coefficient (Wildman–Crippen LogP) is 2.81. The number of nitrogens with two attached hydrogens (primary N) is 2. The lowest BCUT2D eigenvalue weighted by Crippen LogP contribution is -2.23. The van der Waals surface area contributed by atoms with Gasteiger partial charge in [-0.15, -0.1) is 0 Å². The lowest BCUT2D eigenvalue weighted by atomic mass is 10.0. The van der Waals surface area contributed by atoms with Gasteiger partial charge in [0.25, 0.3) is 5.56 Å². The SMILES string of the molecule is CCc1cc2cccc(-c3cnn(C)c3)c2c(=O)n1C1CC1.N#Cc1cnc(N)nc1N. The Kier molecular flexibility index (Phi) is 5.60. The van der Waals surface area contributed by atoms with Crippen LogP contribution in [0.2, 0.25) is 0 Å². The van der Waals surface area contributed by atoms with Crippen LogP contribution in [0.4, 0.5) is 11.8 Å². The maximum atomic E-state index is 13.1. The summed E-state index contributed by atoms with van der Waals surface area (Å²) in [6.07, 6.45) is 8.20. The third-order valence-corrected chi connectivity index (χ3v) is 5.41. The molecule has 1 aromatic carbocycles. The average Bonchev–Trinajstić information content (AvgIpc) is 3.52. The number of pyridine rings is 1. The van der Waals surface area contributed by atoms with Crippen molar-refractivity contribution in [3.63, 3.8) is 0 Å². The first-order chi connectivity index (χ1) is 15.4. The van der Waals surface area contributed by atoms with Crippen LogP contribution in [0, 0.1) is 11.3 Å². The standard InChI is InChI=1S/C18H19N3O.C5H5N5/c1-3-14-9-12-5-4-6-16(13-10-19-20(2)11-13)17(12)18(22)21(14)15-7-8-15;6-1-3-2-9-5(8)10-4(3)7/h4-6,9-11,15H,3,7-8H2,1-2H3;2H,(H4,7,8,9,10). The monoisotopic (exact) mass is 428 g/mol. The Hall–Kier alpha value is -4.19. The van der Waals surface area contributed by atoms with Gasteiger partial charge in [-0.1, -0.05) is 25.1 Å². The fourth-order valence-corrected chi connectivity index (χ4v) is 3.73. The van der Waals surface area contributed by atoms with E-state index in [2.05, 4.69) is 28.1 Å². The number of rotatable bonds is 3. The largest absolute Gasteiger partial charge is 0.382 e. The minimum absolute atomic E-state index is 0.0801. The number of anilines is 2. The first-order valence-electron chi connectivity index (χ1n) is 10.4. The van der Waals surface area contributed by atoms with Crippen LogP contribution in [-0.4, -0.2) is 24.3 Å². The first kappa shape index (κ1) is 21.1. The molecule has 3 heterocycles. The summed E-state index contributed by atoms with van der Waals surface area (Å²) in [6, 6.07) is 10.5. The van der Waals surface area contributed by atoms with Crippen molar-refractivity contribution in [2.45, 2.75) is 32.2 Å². The van der Waals surface area contributed by atoms with Crippen molar-refractivity contribution in [2.75, 3.05) is 11.5 Å². The average molecular weight is 429 g/mol. The second kappa shape index (κ2) is 8.51. The molecule has 0 spiro atoms. The van der Waals surface area contributed by atoms with Crippen molar-refractivity contribution in [1.29, 1.82) is 5.26 Å². The molecule has 9 nitrogen and oxygen atoms in total. The molecule has 1 fully saturated rings. The molecule has 0 amide bonds. The number of nitrogen functional groups attached to an aromatic ring is 2. The van der Waals surface area contributed by atoms with Crippen molar-refractivity contribution in [3.8, 4) is 17.2 Å². The van der Waals surface area contributed by atoms with E-state index in [1.807, 2.05) is 48.3 Å². The molecular weight excluding hydrogens is 404 g/mol. The molecule has 0 aliphatic heterocycles. The molecule has 162 valence electrons. The highest BCUT2D eigenvalue weighted by molar-refractivity contribution is 5.96. The highest BCUT2D eigenvalue weighted by Crippen LogP contribution is 2.36. The van der Waals surface area contributed by atoms with Crippen LogP contribution in [-0.2, 0) is 13.5 Å². The number of aryl methyl sites for hydroxylation is 2. The van der Waals surface area contributed by atoms with Gasteiger partial charge in [0.1, 0.15) is 17.5 Å². The zero-order chi connectivity index (χ0) is 22.8. The van der Waals surface area contributed by atoms with Crippen LogP contribution < -0.4 is 17.0 Å². The topological polar surface area (TPSA) is 141 Å². The highest BCUT2D eigenvalue weighted by atomic mass is 16.1. The summed E-state index contributed by atoms with van der Waals surface area (Å²) in [5.41, 5.74) is 14.0. The molecule has 0 radical (unpaired) electrons. The van der Waals surface area contributed by atoms with Crippen molar-refractivity contribution in [1.82, 2.24) is 24.3 Å². The Balaban J connectivity index is 0.000000207. The zero-order valence-corrected chi connectivity index (χ0v) is 18.0. The molecule has 0 bridgehead atoms. The van der Waals surface area contributed by atoms with Gasteiger partial charge in [0.05, 0.1) is 17.8 Å². The van der Waals surface area contributed by atoms with E-state index in [1.54, 1.807) is 4.68 Å². The Morgan fingerprint density at radius 2 is 2.03 bits per heavy atom. The van der Waals surface area contributed by atoms with Gasteiger partial charge < -0.3 is 16.0 Å². The van der Waals surface area contributed by atoms with Gasteiger partial charge in [-0.25, -0.2) is 4.98 Å². The van der Waals surface area contributed by atoms with E-state index in [9.17, 15) is 4.79 Å². The molecule has 3 aromatic heterocycles. The minimum Gasteiger partial charge on any atom is -0.382 e. The first-order valence-corrected chi connectivity index (χ1v) is 10.4. The second-order valence-corrected chi connectivity index (χ2v) is 7.71. The lowest BCUT2D eigenvalue weighted by molar-refractivity contribution is 0.670. The molecule has 4 N–H and O–H groups in total. The number of nitriles is 1. The van der Waals surface area contributed by atoms with Gasteiger partial charge in [-0.3, -0.25) is 9.48 Å². The summed E-state index contributed by atoms with van der Waals surface area (Å²) in [6.45, 7) is 2.12. The quantitative estimate of drug-likeness (QED) is 0.511. The number of hydrogen-bond donors (Lipinski definition) is 2. The molecule has 1 aliphatic rings. The van der Waals surface area contributed by atoms with Gasteiger partial charge >= 0.3 is 0 Å². The van der Waals surface area contributed by atoms with Crippen molar-refractivity contribution in [3.05, 3.63) is 64.5 Å². The summed E-state index contributed by atoms with van der Waals surface area (Å²) in [4.78, 5) is 20.3. The van der Waals surface area contributed by atoms with Crippen molar-refractivity contribution >= 4 is 22.5 Å². The molecule has 1 aliphatic carbocycles. The van der Waals surface area contributed by atoms with Gasteiger partial charge in [-0.05, 0) is 36.3 Å². The molecule has 5 rings (SSSR count). The third-order valence-electron chi connectivity index (χ3n) is 5.41. The summed E-state index contributed by atoms with van der Waals surface area (Å²) < 4.78 is 3.79. The number of fused-ring (bicyclic) bond motifs is 1. The molecule has 0 atom stereocenters. The van der Waals surface area contributed by atoms with Gasteiger partial charge in [-0.2, -0.15) is 15.3 Å². The van der Waals surface area contributed by atoms with Crippen LogP contribution in [0.5, 0.6) is 0 Å². The Labute approximate surface area is 184 Å². The molecular formula is C23H24N8O. The van der Waals surface area contributed by atoms with E-state index in [-0.39, 0.29) is 22.9 Å². The Morgan fingerprint density at radius 3 is 2.62 bits per heavy atom. The highest BCUT2D eigenvalue weighted by Gasteiger charge is 2.27. The molecule has 1 saturated carbocycles. The van der Waals surface area contributed by atoms with Crippen molar-refractivity contribution in [2.24, 2.45) is 7.05 Å². The van der Waals surface area contributed by atoms with E-state index >= 15 is 0 Å². The third kappa shape index (κ3) is 4.03. The normalized spacial score (nSPS) is 12.8. The lowest BCUT2D eigenvalue weighted by Gasteiger charge is -2.14.